The quantitative estimate of drug-likeness (QED) is 0.728. The maximum absolute atomic E-state index is 10.3. The van der Waals surface area contributed by atoms with Gasteiger partial charge in [0.1, 0.15) is 5.75 Å². The number of hydrogen-bond donors (Lipinski definition) is 3. The van der Waals surface area contributed by atoms with Gasteiger partial charge >= 0.3 is 0 Å². The summed E-state index contributed by atoms with van der Waals surface area (Å²) in [7, 11) is 0. The van der Waals surface area contributed by atoms with E-state index in [1.165, 1.54) is 12.8 Å². The lowest BCUT2D eigenvalue weighted by Crippen LogP contribution is -2.52. The molecule has 2 aliphatic carbocycles. The Morgan fingerprint density at radius 2 is 2.00 bits per heavy atom. The molecule has 0 spiro atoms. The summed E-state index contributed by atoms with van der Waals surface area (Å²) in [6.45, 7) is 2.02. The standard InChI is InChI=1S/C16H21NO2/c1-10(16(19)11-5-7-13(18)8-6-11)17-15-9-12-3-2-4-14(12)15/h2,4-8,10,12,14-19H,3,9H2,1H3/t10-,12+,14-,15+,16+/m0/s1. The Morgan fingerprint density at radius 3 is 2.68 bits per heavy atom. The molecule has 0 radical (unpaired) electrons. The molecule has 3 rings (SSSR count). The molecule has 0 heterocycles. The zero-order valence-corrected chi connectivity index (χ0v) is 11.2. The Labute approximate surface area is 114 Å². The third kappa shape index (κ3) is 2.40. The van der Waals surface area contributed by atoms with E-state index in [1.54, 1.807) is 24.3 Å². The van der Waals surface area contributed by atoms with E-state index in [4.69, 9.17) is 0 Å². The van der Waals surface area contributed by atoms with E-state index < -0.39 is 6.10 Å². The molecule has 1 fully saturated rings. The van der Waals surface area contributed by atoms with E-state index in [9.17, 15) is 10.2 Å². The average Bonchev–Trinajstić information content (AvgIpc) is 2.77. The Kier molecular flexibility index (Phi) is 3.33. The molecule has 0 saturated heterocycles. The van der Waals surface area contributed by atoms with Crippen LogP contribution in [0.25, 0.3) is 0 Å². The van der Waals surface area contributed by atoms with Gasteiger partial charge in [0.2, 0.25) is 0 Å². The Bertz CT molecular complexity index is 468. The predicted molar refractivity (Wildman–Crippen MR) is 74.8 cm³/mol. The predicted octanol–water partition coefficient (Wildman–Crippen LogP) is 2.37. The molecule has 19 heavy (non-hydrogen) atoms. The number of benzene rings is 1. The maximum Gasteiger partial charge on any atom is 0.115 e. The highest BCUT2D eigenvalue weighted by atomic mass is 16.3. The second-order valence-corrected chi connectivity index (χ2v) is 5.84. The van der Waals surface area contributed by atoms with Crippen molar-refractivity contribution in [2.24, 2.45) is 11.8 Å². The van der Waals surface area contributed by atoms with E-state index in [1.807, 2.05) is 6.92 Å². The van der Waals surface area contributed by atoms with Gasteiger partial charge in [-0.2, -0.15) is 0 Å². The number of aliphatic hydroxyl groups is 1. The lowest BCUT2D eigenvalue weighted by molar-refractivity contribution is 0.0891. The first-order chi connectivity index (χ1) is 9.15. The van der Waals surface area contributed by atoms with Gasteiger partial charge in [-0.1, -0.05) is 24.3 Å². The highest BCUT2D eigenvalue weighted by molar-refractivity contribution is 5.28. The number of aliphatic hydroxyl groups excluding tert-OH is 1. The molecule has 3 nitrogen and oxygen atoms in total. The summed E-state index contributed by atoms with van der Waals surface area (Å²) in [4.78, 5) is 0. The van der Waals surface area contributed by atoms with Crippen molar-refractivity contribution in [3.63, 3.8) is 0 Å². The molecular formula is C16H21NO2. The van der Waals surface area contributed by atoms with Crippen LogP contribution < -0.4 is 5.32 Å². The Hall–Kier alpha value is -1.32. The number of allylic oxidation sites excluding steroid dienone is 1. The summed E-state index contributed by atoms with van der Waals surface area (Å²) < 4.78 is 0. The molecule has 1 aromatic rings. The molecule has 1 aromatic carbocycles. The number of hydrogen-bond acceptors (Lipinski definition) is 3. The van der Waals surface area contributed by atoms with Crippen LogP contribution in [0.5, 0.6) is 5.75 Å². The van der Waals surface area contributed by atoms with Gasteiger partial charge in [-0.25, -0.2) is 0 Å². The summed E-state index contributed by atoms with van der Waals surface area (Å²) in [5.41, 5.74) is 0.843. The fraction of sp³-hybridized carbons (Fsp3) is 0.500. The van der Waals surface area contributed by atoms with Crippen LogP contribution in [0.15, 0.2) is 36.4 Å². The molecule has 0 bridgehead atoms. The minimum atomic E-state index is -0.537. The third-order valence-electron chi connectivity index (χ3n) is 4.55. The number of nitrogens with one attached hydrogen (secondary N) is 1. The molecular weight excluding hydrogens is 238 g/mol. The zero-order chi connectivity index (χ0) is 13.4. The normalized spacial score (nSPS) is 31.6. The first-order valence-electron chi connectivity index (χ1n) is 7.05. The van der Waals surface area contributed by atoms with Crippen LogP contribution in [-0.4, -0.2) is 22.3 Å². The lowest BCUT2D eigenvalue weighted by Gasteiger charge is -2.43. The number of aromatic hydroxyl groups is 1. The third-order valence-corrected chi connectivity index (χ3v) is 4.55. The topological polar surface area (TPSA) is 52.5 Å². The van der Waals surface area contributed by atoms with Crippen LogP contribution >= 0.6 is 0 Å². The first kappa shape index (κ1) is 12.7. The summed E-state index contributed by atoms with van der Waals surface area (Å²) in [5.74, 6) is 1.72. The minimum Gasteiger partial charge on any atom is -0.508 e. The van der Waals surface area contributed by atoms with Gasteiger partial charge in [0.15, 0.2) is 0 Å². The largest absolute Gasteiger partial charge is 0.508 e. The van der Waals surface area contributed by atoms with Crippen LogP contribution in [0.1, 0.15) is 31.4 Å². The van der Waals surface area contributed by atoms with Gasteiger partial charge in [0.05, 0.1) is 6.10 Å². The lowest BCUT2D eigenvalue weighted by atomic mass is 9.71. The van der Waals surface area contributed by atoms with E-state index in [-0.39, 0.29) is 11.8 Å². The molecule has 5 atom stereocenters. The minimum absolute atomic E-state index is 0.0180. The number of phenolic OH excluding ortho intramolecular Hbond substituents is 1. The molecule has 0 aromatic heterocycles. The second-order valence-electron chi connectivity index (χ2n) is 5.84. The summed E-state index contributed by atoms with van der Waals surface area (Å²) >= 11 is 0. The van der Waals surface area contributed by atoms with Gasteiger partial charge in [-0.05, 0) is 49.3 Å². The van der Waals surface area contributed by atoms with Crippen LogP contribution in [0.4, 0.5) is 0 Å². The molecule has 1 saturated carbocycles. The van der Waals surface area contributed by atoms with Crippen molar-refractivity contribution in [3.8, 4) is 5.75 Å². The Morgan fingerprint density at radius 1 is 1.26 bits per heavy atom. The van der Waals surface area contributed by atoms with E-state index in [0.29, 0.717) is 12.0 Å². The summed E-state index contributed by atoms with van der Waals surface area (Å²) in [6, 6.07) is 7.30. The van der Waals surface area contributed by atoms with Crippen LogP contribution in [0.2, 0.25) is 0 Å². The maximum atomic E-state index is 10.3. The fourth-order valence-corrected chi connectivity index (χ4v) is 3.30. The van der Waals surface area contributed by atoms with Crippen molar-refractivity contribution in [3.05, 3.63) is 42.0 Å². The molecule has 3 heteroatoms. The molecule has 0 unspecified atom stereocenters. The number of phenols is 1. The van der Waals surface area contributed by atoms with Crippen LogP contribution in [-0.2, 0) is 0 Å². The summed E-state index contributed by atoms with van der Waals surface area (Å²) in [6.07, 6.45) is 6.48. The van der Waals surface area contributed by atoms with Crippen molar-refractivity contribution in [1.82, 2.24) is 5.32 Å². The van der Waals surface area contributed by atoms with Gasteiger partial charge in [-0.3, -0.25) is 0 Å². The number of rotatable bonds is 4. The average molecular weight is 259 g/mol. The van der Waals surface area contributed by atoms with Crippen molar-refractivity contribution in [2.75, 3.05) is 0 Å². The monoisotopic (exact) mass is 259 g/mol. The smallest absolute Gasteiger partial charge is 0.115 e. The number of fused-ring (bicyclic) bond motifs is 1. The van der Waals surface area contributed by atoms with Gasteiger partial charge < -0.3 is 15.5 Å². The van der Waals surface area contributed by atoms with Crippen LogP contribution in [0, 0.1) is 11.8 Å². The van der Waals surface area contributed by atoms with E-state index >= 15 is 0 Å². The molecule has 3 N–H and O–H groups in total. The molecule has 0 amide bonds. The van der Waals surface area contributed by atoms with Crippen molar-refractivity contribution < 1.29 is 10.2 Å². The molecule has 2 aliphatic rings. The van der Waals surface area contributed by atoms with Crippen molar-refractivity contribution in [2.45, 2.75) is 38.0 Å². The van der Waals surface area contributed by atoms with E-state index in [0.717, 1.165) is 11.5 Å². The Balaban J connectivity index is 1.59. The highest BCUT2D eigenvalue weighted by Crippen LogP contribution is 2.43. The first-order valence-corrected chi connectivity index (χ1v) is 7.05. The van der Waals surface area contributed by atoms with Crippen LogP contribution in [0.3, 0.4) is 0 Å². The highest BCUT2D eigenvalue weighted by Gasteiger charge is 2.41. The second kappa shape index (κ2) is 4.99. The van der Waals surface area contributed by atoms with Gasteiger partial charge in [0, 0.05) is 12.1 Å². The van der Waals surface area contributed by atoms with Gasteiger partial charge in [-0.15, -0.1) is 0 Å². The van der Waals surface area contributed by atoms with Crippen molar-refractivity contribution in [1.29, 1.82) is 0 Å². The summed E-state index contributed by atoms with van der Waals surface area (Å²) in [5, 5.41) is 23.1. The fourth-order valence-electron chi connectivity index (χ4n) is 3.30. The van der Waals surface area contributed by atoms with Crippen molar-refractivity contribution >= 4 is 0 Å². The van der Waals surface area contributed by atoms with Gasteiger partial charge in [0.25, 0.3) is 0 Å². The van der Waals surface area contributed by atoms with E-state index in [2.05, 4.69) is 17.5 Å². The molecule has 102 valence electrons. The molecule has 0 aliphatic heterocycles. The SMILES string of the molecule is C[C@H](N[C@@H]1C[C@H]2CC=C[C@@H]21)[C@@H](O)c1ccc(O)cc1. The zero-order valence-electron chi connectivity index (χ0n) is 11.2.